The topological polar surface area (TPSA) is 72.9 Å². The number of aromatic nitrogens is 2. The molecule has 2 rings (SSSR count). The Labute approximate surface area is 125 Å². The zero-order chi connectivity index (χ0) is 15.2. The summed E-state index contributed by atoms with van der Waals surface area (Å²) in [5.41, 5.74) is 7.68. The fourth-order valence-corrected chi connectivity index (χ4v) is 2.14. The molecule has 1 unspecified atom stereocenters. The van der Waals surface area contributed by atoms with Crippen molar-refractivity contribution in [3.63, 3.8) is 0 Å². The minimum Gasteiger partial charge on any atom is -0.399 e. The van der Waals surface area contributed by atoms with Gasteiger partial charge in [0.25, 0.3) is 5.91 Å². The molecular formula is C16H22N4O. The summed E-state index contributed by atoms with van der Waals surface area (Å²) < 4.78 is 1.65. The van der Waals surface area contributed by atoms with Crippen molar-refractivity contribution in [3.05, 3.63) is 42.2 Å². The molecule has 0 aliphatic carbocycles. The van der Waals surface area contributed by atoms with Gasteiger partial charge in [0.1, 0.15) is 0 Å². The third kappa shape index (κ3) is 4.08. The minimum atomic E-state index is -0.138. The summed E-state index contributed by atoms with van der Waals surface area (Å²) in [7, 11) is 0. The minimum absolute atomic E-state index is 0.138. The Bertz CT molecular complexity index is 606. The van der Waals surface area contributed by atoms with E-state index in [0.717, 1.165) is 24.9 Å². The summed E-state index contributed by atoms with van der Waals surface area (Å²) in [4.78, 5) is 12.1. The van der Waals surface area contributed by atoms with Crippen molar-refractivity contribution in [1.82, 2.24) is 15.1 Å². The lowest BCUT2D eigenvalue weighted by Gasteiger charge is -2.11. The molecule has 1 aromatic heterocycles. The highest BCUT2D eigenvalue weighted by Crippen LogP contribution is 2.12. The van der Waals surface area contributed by atoms with Crippen LogP contribution in [-0.2, 0) is 0 Å². The van der Waals surface area contributed by atoms with Crippen molar-refractivity contribution in [2.24, 2.45) is 0 Å². The van der Waals surface area contributed by atoms with Crippen molar-refractivity contribution in [1.29, 1.82) is 0 Å². The van der Waals surface area contributed by atoms with Crippen LogP contribution in [0.2, 0.25) is 0 Å². The van der Waals surface area contributed by atoms with Crippen LogP contribution in [0.3, 0.4) is 0 Å². The number of hydrogen-bond donors (Lipinski definition) is 2. The highest BCUT2D eigenvalue weighted by atomic mass is 16.2. The van der Waals surface area contributed by atoms with Crippen LogP contribution in [0.25, 0.3) is 5.69 Å². The first kappa shape index (κ1) is 15.1. The highest BCUT2D eigenvalue weighted by molar-refractivity contribution is 5.92. The van der Waals surface area contributed by atoms with E-state index in [4.69, 9.17) is 5.73 Å². The fraction of sp³-hybridized carbons (Fsp3) is 0.375. The van der Waals surface area contributed by atoms with Crippen LogP contribution in [0.5, 0.6) is 0 Å². The number of anilines is 1. The van der Waals surface area contributed by atoms with Crippen LogP contribution in [0, 0.1) is 0 Å². The van der Waals surface area contributed by atoms with Gasteiger partial charge in [-0.05, 0) is 37.6 Å². The summed E-state index contributed by atoms with van der Waals surface area (Å²) in [5, 5.41) is 7.27. The molecule has 21 heavy (non-hydrogen) atoms. The molecule has 0 saturated heterocycles. The number of nitrogens with two attached hydrogens (primary N) is 1. The van der Waals surface area contributed by atoms with E-state index in [1.165, 1.54) is 0 Å². The van der Waals surface area contributed by atoms with Crippen LogP contribution in [-0.4, -0.2) is 21.7 Å². The second kappa shape index (κ2) is 6.92. The number of carbonyl (C=O) groups is 1. The number of rotatable bonds is 6. The number of hydrogen-bond acceptors (Lipinski definition) is 3. The molecule has 3 N–H and O–H groups in total. The van der Waals surface area contributed by atoms with Gasteiger partial charge < -0.3 is 11.1 Å². The van der Waals surface area contributed by atoms with E-state index >= 15 is 0 Å². The van der Waals surface area contributed by atoms with E-state index in [9.17, 15) is 4.79 Å². The van der Waals surface area contributed by atoms with Crippen LogP contribution in [0.1, 0.15) is 43.6 Å². The fourth-order valence-electron chi connectivity index (χ4n) is 2.14. The number of carbonyl (C=O) groups excluding carboxylic acids is 1. The van der Waals surface area contributed by atoms with E-state index in [1.807, 2.05) is 31.2 Å². The molecule has 2 aromatic rings. The van der Waals surface area contributed by atoms with Gasteiger partial charge in [-0.3, -0.25) is 4.79 Å². The first-order valence-corrected chi connectivity index (χ1v) is 7.32. The lowest BCUT2D eigenvalue weighted by molar-refractivity contribution is 0.0932. The van der Waals surface area contributed by atoms with E-state index in [0.29, 0.717) is 11.4 Å². The summed E-state index contributed by atoms with van der Waals surface area (Å²) in [5.74, 6) is -0.138. The molecule has 1 heterocycles. The molecule has 0 fully saturated rings. The number of nitrogen functional groups attached to an aromatic ring is 1. The number of nitrogens with zero attached hydrogens (tertiary/aromatic N) is 2. The van der Waals surface area contributed by atoms with Crippen molar-refractivity contribution in [2.45, 2.75) is 39.2 Å². The first-order valence-electron chi connectivity index (χ1n) is 7.32. The van der Waals surface area contributed by atoms with E-state index in [1.54, 1.807) is 16.9 Å². The van der Waals surface area contributed by atoms with Gasteiger partial charge in [0, 0.05) is 17.9 Å². The SMILES string of the molecule is CCCCC(C)NC(=O)c1ccn(-c2cccc(N)c2)n1. The number of nitrogens with one attached hydrogen (secondary N) is 1. The van der Waals surface area contributed by atoms with Crippen LogP contribution in [0.15, 0.2) is 36.5 Å². The molecule has 1 aromatic carbocycles. The zero-order valence-electron chi connectivity index (χ0n) is 12.5. The normalized spacial score (nSPS) is 12.1. The Hall–Kier alpha value is -2.30. The molecule has 112 valence electrons. The molecule has 0 aliphatic rings. The zero-order valence-corrected chi connectivity index (χ0v) is 12.5. The van der Waals surface area contributed by atoms with E-state index in [2.05, 4.69) is 17.3 Å². The van der Waals surface area contributed by atoms with Gasteiger partial charge >= 0.3 is 0 Å². The summed E-state index contributed by atoms with van der Waals surface area (Å²) in [6, 6.07) is 9.27. The molecule has 5 heteroatoms. The molecule has 0 aliphatic heterocycles. The lowest BCUT2D eigenvalue weighted by atomic mass is 10.1. The van der Waals surface area contributed by atoms with Crippen molar-refractivity contribution < 1.29 is 4.79 Å². The van der Waals surface area contributed by atoms with Crippen LogP contribution >= 0.6 is 0 Å². The predicted molar refractivity (Wildman–Crippen MR) is 84.4 cm³/mol. The third-order valence-corrected chi connectivity index (χ3v) is 3.32. The largest absolute Gasteiger partial charge is 0.399 e. The predicted octanol–water partition coefficient (Wildman–Crippen LogP) is 2.76. The average Bonchev–Trinajstić information content (AvgIpc) is 2.95. The van der Waals surface area contributed by atoms with Crippen molar-refractivity contribution in [2.75, 3.05) is 5.73 Å². The maximum atomic E-state index is 12.1. The number of benzene rings is 1. The van der Waals surface area contributed by atoms with Gasteiger partial charge in [-0.1, -0.05) is 25.8 Å². The maximum Gasteiger partial charge on any atom is 0.271 e. The van der Waals surface area contributed by atoms with E-state index < -0.39 is 0 Å². The van der Waals surface area contributed by atoms with Gasteiger partial charge in [-0.15, -0.1) is 0 Å². The van der Waals surface area contributed by atoms with Gasteiger partial charge in [0.15, 0.2) is 5.69 Å². The summed E-state index contributed by atoms with van der Waals surface area (Å²) in [6.07, 6.45) is 4.99. The Morgan fingerprint density at radius 2 is 2.24 bits per heavy atom. The molecule has 0 bridgehead atoms. The molecule has 0 radical (unpaired) electrons. The molecule has 5 nitrogen and oxygen atoms in total. The monoisotopic (exact) mass is 286 g/mol. The summed E-state index contributed by atoms with van der Waals surface area (Å²) >= 11 is 0. The van der Waals surface area contributed by atoms with Gasteiger partial charge in [0.2, 0.25) is 0 Å². The third-order valence-electron chi connectivity index (χ3n) is 3.32. The molecule has 1 amide bonds. The standard InChI is InChI=1S/C16H22N4O/c1-3-4-6-12(2)18-16(21)15-9-10-20(19-15)14-8-5-7-13(17)11-14/h5,7-12H,3-4,6,17H2,1-2H3,(H,18,21). The Morgan fingerprint density at radius 3 is 2.95 bits per heavy atom. The van der Waals surface area contributed by atoms with Gasteiger partial charge in [-0.2, -0.15) is 5.10 Å². The Kier molecular flexibility index (Phi) is 4.98. The van der Waals surface area contributed by atoms with Crippen LogP contribution in [0.4, 0.5) is 5.69 Å². The maximum absolute atomic E-state index is 12.1. The lowest BCUT2D eigenvalue weighted by Crippen LogP contribution is -2.32. The van der Waals surface area contributed by atoms with Crippen LogP contribution < -0.4 is 11.1 Å². The second-order valence-corrected chi connectivity index (χ2v) is 5.26. The summed E-state index contributed by atoms with van der Waals surface area (Å²) in [6.45, 7) is 4.16. The Balaban J connectivity index is 2.04. The molecule has 0 saturated carbocycles. The van der Waals surface area contributed by atoms with Crippen molar-refractivity contribution >= 4 is 11.6 Å². The van der Waals surface area contributed by atoms with E-state index in [-0.39, 0.29) is 11.9 Å². The van der Waals surface area contributed by atoms with Gasteiger partial charge in [-0.25, -0.2) is 4.68 Å². The average molecular weight is 286 g/mol. The molecular weight excluding hydrogens is 264 g/mol. The second-order valence-electron chi connectivity index (χ2n) is 5.26. The smallest absolute Gasteiger partial charge is 0.271 e. The number of unbranched alkanes of at least 4 members (excludes halogenated alkanes) is 1. The van der Waals surface area contributed by atoms with Gasteiger partial charge in [0.05, 0.1) is 5.69 Å². The molecule has 1 atom stereocenters. The van der Waals surface area contributed by atoms with Crippen molar-refractivity contribution in [3.8, 4) is 5.69 Å². The molecule has 0 spiro atoms. The first-order chi connectivity index (χ1) is 10.1. The quantitative estimate of drug-likeness (QED) is 0.802. The highest BCUT2D eigenvalue weighted by Gasteiger charge is 2.12. The number of amides is 1. The Morgan fingerprint density at radius 1 is 1.43 bits per heavy atom.